The van der Waals surface area contributed by atoms with Gasteiger partial charge in [-0.15, -0.1) is 10.2 Å². The molecule has 2 amide bonds. The first-order valence-corrected chi connectivity index (χ1v) is 11.0. The number of nitrogens with one attached hydrogen (secondary N) is 2. The molecule has 0 radical (unpaired) electrons. The highest BCUT2D eigenvalue weighted by Crippen LogP contribution is 2.24. The molecule has 2 heterocycles. The number of nitrogens with two attached hydrogens (primary N) is 1. The summed E-state index contributed by atoms with van der Waals surface area (Å²) in [7, 11) is 1.58. The molecule has 1 aromatic heterocycles. The van der Waals surface area contributed by atoms with Gasteiger partial charge in [-0.1, -0.05) is 24.8 Å². The van der Waals surface area contributed by atoms with Crippen molar-refractivity contribution >= 4 is 23.8 Å². The zero-order valence-electron chi connectivity index (χ0n) is 18.1. The first kappa shape index (κ1) is 23.3. The van der Waals surface area contributed by atoms with Crippen LogP contribution in [0.5, 0.6) is 11.5 Å². The average Bonchev–Trinajstić information content (AvgIpc) is 3.15. The standard InChI is InChI=1S/C20H26N6O5S/c1-4-14-17(18(27)30-5-2)15(23-19(28)22-14)11-32-20-25-24-16(26(20)21)10-31-13-8-6-7-12(9-13)29-3/h6-9,14H,4-5,10-11,21H2,1-3H3,(H2,22,23,28). The van der Waals surface area contributed by atoms with Crippen molar-refractivity contribution in [3.05, 3.63) is 41.4 Å². The molecule has 32 heavy (non-hydrogen) atoms. The van der Waals surface area contributed by atoms with Gasteiger partial charge < -0.3 is 30.7 Å². The van der Waals surface area contributed by atoms with Crippen molar-refractivity contribution in [1.82, 2.24) is 25.5 Å². The van der Waals surface area contributed by atoms with Crippen LogP contribution in [0.1, 0.15) is 26.1 Å². The van der Waals surface area contributed by atoms with E-state index >= 15 is 0 Å². The average molecular weight is 463 g/mol. The van der Waals surface area contributed by atoms with Crippen LogP contribution in [0.3, 0.4) is 0 Å². The van der Waals surface area contributed by atoms with E-state index in [0.29, 0.717) is 40.2 Å². The molecule has 2 aromatic rings. The third kappa shape index (κ3) is 5.44. The van der Waals surface area contributed by atoms with Gasteiger partial charge >= 0.3 is 12.0 Å². The van der Waals surface area contributed by atoms with Crippen LogP contribution in [0.2, 0.25) is 0 Å². The molecule has 1 aliphatic rings. The number of rotatable bonds is 10. The minimum absolute atomic E-state index is 0.104. The van der Waals surface area contributed by atoms with Crippen molar-refractivity contribution in [2.24, 2.45) is 0 Å². The molecule has 0 bridgehead atoms. The molecule has 11 nitrogen and oxygen atoms in total. The summed E-state index contributed by atoms with van der Waals surface area (Å²) in [6.07, 6.45) is 0.550. The quantitative estimate of drug-likeness (QED) is 0.272. The Morgan fingerprint density at radius 1 is 1.28 bits per heavy atom. The topological polar surface area (TPSA) is 143 Å². The van der Waals surface area contributed by atoms with Gasteiger partial charge in [-0.25, -0.2) is 14.3 Å². The third-order valence-corrected chi connectivity index (χ3v) is 5.61. The Kier molecular flexibility index (Phi) is 7.82. The van der Waals surface area contributed by atoms with Crippen LogP contribution in [0.4, 0.5) is 4.79 Å². The largest absolute Gasteiger partial charge is 0.497 e. The number of carbonyl (C=O) groups is 2. The van der Waals surface area contributed by atoms with Crippen LogP contribution in [-0.4, -0.2) is 52.4 Å². The predicted octanol–water partition coefficient (Wildman–Crippen LogP) is 1.58. The van der Waals surface area contributed by atoms with Gasteiger partial charge in [-0.3, -0.25) is 0 Å². The van der Waals surface area contributed by atoms with Crippen molar-refractivity contribution in [2.75, 3.05) is 25.3 Å². The second-order valence-electron chi connectivity index (χ2n) is 6.70. The molecule has 12 heteroatoms. The van der Waals surface area contributed by atoms with Crippen LogP contribution < -0.4 is 25.9 Å². The zero-order valence-corrected chi connectivity index (χ0v) is 18.9. The lowest BCUT2D eigenvalue weighted by atomic mass is 10.0. The fourth-order valence-corrected chi connectivity index (χ4v) is 3.90. The monoisotopic (exact) mass is 462 g/mol. The number of nitrogens with zero attached hydrogens (tertiary/aromatic N) is 3. The second-order valence-corrected chi connectivity index (χ2v) is 7.64. The number of amides is 2. The summed E-state index contributed by atoms with van der Waals surface area (Å²) in [6, 6.07) is 6.37. The van der Waals surface area contributed by atoms with Gasteiger partial charge in [0.15, 0.2) is 5.82 Å². The minimum Gasteiger partial charge on any atom is -0.497 e. The number of urea groups is 1. The van der Waals surface area contributed by atoms with E-state index in [9.17, 15) is 9.59 Å². The molecular weight excluding hydrogens is 436 g/mol. The van der Waals surface area contributed by atoms with Gasteiger partial charge in [0.05, 0.1) is 25.3 Å². The van der Waals surface area contributed by atoms with E-state index in [2.05, 4.69) is 20.8 Å². The number of thioether (sulfide) groups is 1. The molecule has 0 aliphatic carbocycles. The molecule has 0 fully saturated rings. The molecular formula is C20H26N6O5S. The van der Waals surface area contributed by atoms with Gasteiger partial charge in [-0.2, -0.15) is 0 Å². The minimum atomic E-state index is -0.468. The van der Waals surface area contributed by atoms with Crippen LogP contribution in [-0.2, 0) is 16.1 Å². The number of methoxy groups -OCH3 is 1. The summed E-state index contributed by atoms with van der Waals surface area (Å²) in [5.74, 6) is 7.60. The highest BCUT2D eigenvalue weighted by Gasteiger charge is 2.31. The highest BCUT2D eigenvalue weighted by atomic mass is 32.2. The maximum atomic E-state index is 12.5. The van der Waals surface area contributed by atoms with Crippen molar-refractivity contribution in [1.29, 1.82) is 0 Å². The Bertz CT molecular complexity index is 1010. The van der Waals surface area contributed by atoms with E-state index in [-0.39, 0.29) is 25.0 Å². The fourth-order valence-electron chi connectivity index (χ4n) is 3.06. The smallest absolute Gasteiger partial charge is 0.337 e. The molecule has 0 spiro atoms. The number of hydrogen-bond acceptors (Lipinski definition) is 9. The van der Waals surface area contributed by atoms with Crippen molar-refractivity contribution in [3.63, 3.8) is 0 Å². The molecule has 1 aromatic carbocycles. The van der Waals surface area contributed by atoms with Crippen LogP contribution in [0.15, 0.2) is 40.7 Å². The van der Waals surface area contributed by atoms with Gasteiger partial charge in [0.2, 0.25) is 5.16 Å². The molecule has 4 N–H and O–H groups in total. The zero-order chi connectivity index (χ0) is 23.1. The van der Waals surface area contributed by atoms with E-state index in [4.69, 9.17) is 20.1 Å². The summed E-state index contributed by atoms with van der Waals surface area (Å²) in [5.41, 5.74) is 0.854. The Morgan fingerprint density at radius 3 is 2.78 bits per heavy atom. The normalized spacial score (nSPS) is 15.7. The number of benzene rings is 1. The van der Waals surface area contributed by atoms with Crippen molar-refractivity contribution in [2.45, 2.75) is 38.1 Å². The van der Waals surface area contributed by atoms with E-state index in [0.717, 1.165) is 0 Å². The van der Waals surface area contributed by atoms with Gasteiger partial charge in [0.25, 0.3) is 0 Å². The number of aromatic nitrogens is 3. The number of hydrogen-bond donors (Lipinski definition) is 3. The molecule has 1 aliphatic heterocycles. The van der Waals surface area contributed by atoms with E-state index in [1.807, 2.05) is 19.1 Å². The van der Waals surface area contributed by atoms with Gasteiger partial charge in [0.1, 0.15) is 18.1 Å². The Hall–Kier alpha value is -3.41. The lowest BCUT2D eigenvalue weighted by Crippen LogP contribution is -2.50. The Morgan fingerprint density at radius 2 is 2.06 bits per heavy atom. The molecule has 172 valence electrons. The number of esters is 1. The Balaban J connectivity index is 1.70. The van der Waals surface area contributed by atoms with E-state index in [1.54, 1.807) is 26.2 Å². The predicted molar refractivity (Wildman–Crippen MR) is 118 cm³/mol. The first-order valence-electron chi connectivity index (χ1n) is 10.0. The second kappa shape index (κ2) is 10.8. The fraction of sp³-hybridized carbons (Fsp3) is 0.400. The lowest BCUT2D eigenvalue weighted by molar-refractivity contribution is -0.139. The maximum absolute atomic E-state index is 12.5. The molecule has 1 unspecified atom stereocenters. The highest BCUT2D eigenvalue weighted by molar-refractivity contribution is 7.99. The molecule has 0 saturated carbocycles. The van der Waals surface area contributed by atoms with E-state index < -0.39 is 12.0 Å². The van der Waals surface area contributed by atoms with Crippen LogP contribution in [0.25, 0.3) is 0 Å². The summed E-state index contributed by atoms with van der Waals surface area (Å²) < 4.78 is 17.4. The summed E-state index contributed by atoms with van der Waals surface area (Å²) >= 11 is 1.24. The van der Waals surface area contributed by atoms with Crippen molar-refractivity contribution < 1.29 is 23.8 Å². The van der Waals surface area contributed by atoms with Crippen LogP contribution >= 0.6 is 11.8 Å². The first-order chi connectivity index (χ1) is 15.5. The SMILES string of the molecule is CCOC(=O)C1=C(CSc2nnc(COc3cccc(OC)c3)n2N)NC(=O)NC1CC. The Labute approximate surface area is 189 Å². The van der Waals surface area contributed by atoms with Crippen LogP contribution in [0, 0.1) is 0 Å². The van der Waals surface area contributed by atoms with Gasteiger partial charge in [0, 0.05) is 17.5 Å². The molecule has 1 atom stereocenters. The summed E-state index contributed by atoms with van der Waals surface area (Å²) in [6.45, 7) is 3.95. The number of nitrogen functional groups attached to an aromatic ring is 1. The van der Waals surface area contributed by atoms with Gasteiger partial charge in [-0.05, 0) is 25.5 Å². The molecule has 3 rings (SSSR count). The van der Waals surface area contributed by atoms with E-state index in [1.165, 1.54) is 16.4 Å². The summed E-state index contributed by atoms with van der Waals surface area (Å²) in [5, 5.41) is 14.0. The maximum Gasteiger partial charge on any atom is 0.337 e. The third-order valence-electron chi connectivity index (χ3n) is 4.64. The molecule has 0 saturated heterocycles. The summed E-state index contributed by atoms with van der Waals surface area (Å²) in [4.78, 5) is 24.5. The number of carbonyl (C=O) groups excluding carboxylic acids is 2. The lowest BCUT2D eigenvalue weighted by Gasteiger charge is -2.28. The number of ether oxygens (including phenoxy) is 3. The van der Waals surface area contributed by atoms with Crippen molar-refractivity contribution in [3.8, 4) is 11.5 Å².